The predicted octanol–water partition coefficient (Wildman–Crippen LogP) is 5.18. The highest BCUT2D eigenvalue weighted by molar-refractivity contribution is 6.42. The van der Waals surface area contributed by atoms with Gasteiger partial charge in [0.2, 0.25) is 0 Å². The second-order valence-corrected chi connectivity index (χ2v) is 6.91. The van der Waals surface area contributed by atoms with Crippen LogP contribution in [0.25, 0.3) is 10.8 Å². The van der Waals surface area contributed by atoms with E-state index >= 15 is 0 Å². The molecule has 0 saturated heterocycles. The lowest BCUT2D eigenvalue weighted by atomic mass is 10.1. The SMILES string of the molecule is Nc1cc2ccccc2cc1C(=O)OCC(=O)Nc1c(Cl)cc(Cl)cc1Cl. The molecule has 0 aromatic heterocycles. The van der Waals surface area contributed by atoms with Crippen LogP contribution in [0.3, 0.4) is 0 Å². The number of carbonyl (C=O) groups excluding carboxylic acids is 2. The highest BCUT2D eigenvalue weighted by Gasteiger charge is 2.16. The van der Waals surface area contributed by atoms with Gasteiger partial charge in [-0.1, -0.05) is 59.1 Å². The fourth-order valence-electron chi connectivity index (χ4n) is 2.48. The monoisotopic (exact) mass is 422 g/mol. The third-order valence-corrected chi connectivity index (χ3v) is 4.56. The van der Waals surface area contributed by atoms with Crippen molar-refractivity contribution in [2.75, 3.05) is 17.7 Å². The quantitative estimate of drug-likeness (QED) is 0.447. The zero-order valence-electron chi connectivity index (χ0n) is 13.8. The molecule has 0 unspecified atom stereocenters. The largest absolute Gasteiger partial charge is 0.452 e. The zero-order valence-corrected chi connectivity index (χ0v) is 16.0. The number of rotatable bonds is 4. The van der Waals surface area contributed by atoms with E-state index in [1.807, 2.05) is 24.3 Å². The van der Waals surface area contributed by atoms with E-state index < -0.39 is 18.5 Å². The summed E-state index contributed by atoms with van der Waals surface area (Å²) in [5.41, 5.74) is 6.56. The first kappa shape index (κ1) is 19.3. The molecule has 0 aliphatic rings. The van der Waals surface area contributed by atoms with Gasteiger partial charge in [-0.2, -0.15) is 0 Å². The highest BCUT2D eigenvalue weighted by atomic mass is 35.5. The Hall–Kier alpha value is -2.47. The van der Waals surface area contributed by atoms with Crippen molar-refractivity contribution in [1.82, 2.24) is 0 Å². The number of fused-ring (bicyclic) bond motifs is 1. The van der Waals surface area contributed by atoms with Gasteiger partial charge in [0.05, 0.1) is 21.3 Å². The minimum Gasteiger partial charge on any atom is -0.452 e. The number of carbonyl (C=O) groups is 2. The summed E-state index contributed by atoms with van der Waals surface area (Å²) in [5.74, 6) is -1.31. The Balaban J connectivity index is 1.69. The van der Waals surface area contributed by atoms with Crippen LogP contribution in [0.1, 0.15) is 10.4 Å². The van der Waals surface area contributed by atoms with Crippen molar-refractivity contribution in [3.8, 4) is 0 Å². The van der Waals surface area contributed by atoms with E-state index in [2.05, 4.69) is 5.32 Å². The van der Waals surface area contributed by atoms with Crippen molar-refractivity contribution in [2.45, 2.75) is 0 Å². The minimum atomic E-state index is -0.707. The summed E-state index contributed by atoms with van der Waals surface area (Å²) >= 11 is 17.8. The summed E-state index contributed by atoms with van der Waals surface area (Å²) in [5, 5.41) is 4.90. The molecule has 0 saturated carbocycles. The molecule has 0 fully saturated rings. The van der Waals surface area contributed by atoms with Gasteiger partial charge < -0.3 is 15.8 Å². The van der Waals surface area contributed by atoms with E-state index in [0.29, 0.717) is 5.02 Å². The van der Waals surface area contributed by atoms with Crippen molar-refractivity contribution in [3.05, 3.63) is 69.2 Å². The molecule has 0 aliphatic carbocycles. The van der Waals surface area contributed by atoms with Crippen LogP contribution in [-0.2, 0) is 9.53 Å². The molecule has 0 spiro atoms. The molecule has 0 atom stereocenters. The summed E-state index contributed by atoms with van der Waals surface area (Å²) < 4.78 is 5.05. The van der Waals surface area contributed by atoms with Crippen LogP contribution in [0, 0.1) is 0 Å². The fraction of sp³-hybridized carbons (Fsp3) is 0.0526. The molecule has 0 bridgehead atoms. The van der Waals surface area contributed by atoms with Crippen LogP contribution in [0.5, 0.6) is 0 Å². The number of anilines is 2. The molecule has 3 N–H and O–H groups in total. The number of halogens is 3. The molecule has 0 heterocycles. The topological polar surface area (TPSA) is 81.4 Å². The Labute approximate surface area is 170 Å². The third-order valence-electron chi connectivity index (χ3n) is 3.74. The molecule has 3 rings (SSSR count). The standard InChI is InChI=1S/C19H13Cl3N2O3/c20-12-7-14(21)18(15(22)8-12)24-17(25)9-27-19(26)13-5-10-3-1-2-4-11(10)6-16(13)23/h1-8H,9,23H2,(H,24,25). The van der Waals surface area contributed by atoms with Crippen LogP contribution in [-0.4, -0.2) is 18.5 Å². The Bertz CT molecular complexity index is 1030. The van der Waals surface area contributed by atoms with Gasteiger partial charge in [-0.15, -0.1) is 0 Å². The Morgan fingerprint density at radius 3 is 2.19 bits per heavy atom. The second-order valence-electron chi connectivity index (χ2n) is 5.66. The molecular formula is C19H13Cl3N2O3. The molecule has 8 heteroatoms. The molecule has 0 aliphatic heterocycles. The van der Waals surface area contributed by atoms with Crippen LogP contribution >= 0.6 is 34.8 Å². The number of hydrogen-bond acceptors (Lipinski definition) is 4. The number of nitrogen functional groups attached to an aromatic ring is 1. The van der Waals surface area contributed by atoms with Crippen molar-refractivity contribution >= 4 is 68.8 Å². The van der Waals surface area contributed by atoms with Gasteiger partial charge in [-0.3, -0.25) is 4.79 Å². The third kappa shape index (κ3) is 4.45. The van der Waals surface area contributed by atoms with Crippen molar-refractivity contribution < 1.29 is 14.3 Å². The lowest BCUT2D eigenvalue weighted by Crippen LogP contribution is -2.21. The number of hydrogen-bond donors (Lipinski definition) is 2. The van der Waals surface area contributed by atoms with Crippen molar-refractivity contribution in [3.63, 3.8) is 0 Å². The molecule has 138 valence electrons. The number of benzene rings is 3. The number of ether oxygens (including phenoxy) is 1. The van der Waals surface area contributed by atoms with Gasteiger partial charge in [0.1, 0.15) is 0 Å². The normalized spacial score (nSPS) is 10.6. The first-order valence-corrected chi connectivity index (χ1v) is 8.88. The number of esters is 1. The lowest BCUT2D eigenvalue weighted by Gasteiger charge is -2.11. The van der Waals surface area contributed by atoms with Crippen LogP contribution in [0.2, 0.25) is 15.1 Å². The van der Waals surface area contributed by atoms with E-state index in [1.165, 1.54) is 12.1 Å². The summed E-state index contributed by atoms with van der Waals surface area (Å²) in [6, 6.07) is 13.6. The van der Waals surface area contributed by atoms with Crippen LogP contribution in [0.4, 0.5) is 11.4 Å². The summed E-state index contributed by atoms with van der Waals surface area (Å²) in [7, 11) is 0. The molecule has 3 aromatic carbocycles. The van der Waals surface area contributed by atoms with Gasteiger partial charge in [-0.25, -0.2) is 4.79 Å². The van der Waals surface area contributed by atoms with Crippen LogP contribution < -0.4 is 11.1 Å². The number of nitrogens with one attached hydrogen (secondary N) is 1. The van der Waals surface area contributed by atoms with Gasteiger partial charge in [0, 0.05) is 10.7 Å². The molecule has 5 nitrogen and oxygen atoms in total. The maximum Gasteiger partial charge on any atom is 0.340 e. The Morgan fingerprint density at radius 1 is 0.963 bits per heavy atom. The van der Waals surface area contributed by atoms with Gasteiger partial charge >= 0.3 is 5.97 Å². The summed E-state index contributed by atoms with van der Waals surface area (Å²) in [6.45, 7) is -0.527. The van der Waals surface area contributed by atoms with E-state index in [0.717, 1.165) is 10.8 Å². The highest BCUT2D eigenvalue weighted by Crippen LogP contribution is 2.33. The molecule has 1 amide bonds. The smallest absolute Gasteiger partial charge is 0.340 e. The van der Waals surface area contributed by atoms with Gasteiger partial charge in [0.25, 0.3) is 5.91 Å². The summed E-state index contributed by atoms with van der Waals surface area (Å²) in [4.78, 5) is 24.4. The molecule has 27 heavy (non-hydrogen) atoms. The first-order chi connectivity index (χ1) is 12.8. The maximum absolute atomic E-state index is 12.3. The Kier molecular flexibility index (Phi) is 5.75. The second kappa shape index (κ2) is 8.05. The zero-order chi connectivity index (χ0) is 19.6. The lowest BCUT2D eigenvalue weighted by molar-refractivity contribution is -0.119. The maximum atomic E-state index is 12.3. The van der Waals surface area contributed by atoms with E-state index in [9.17, 15) is 9.59 Å². The fourth-order valence-corrected chi connectivity index (χ4v) is 3.39. The molecule has 0 radical (unpaired) electrons. The first-order valence-electron chi connectivity index (χ1n) is 7.75. The van der Waals surface area contributed by atoms with Crippen LogP contribution in [0.15, 0.2) is 48.5 Å². The average Bonchev–Trinajstić information content (AvgIpc) is 2.62. The Morgan fingerprint density at radius 2 is 1.56 bits per heavy atom. The van der Waals surface area contributed by atoms with E-state index in [1.54, 1.807) is 12.1 Å². The summed E-state index contributed by atoms with van der Waals surface area (Å²) in [6.07, 6.45) is 0. The number of amides is 1. The predicted molar refractivity (Wildman–Crippen MR) is 109 cm³/mol. The van der Waals surface area contributed by atoms with Gasteiger partial charge in [-0.05, 0) is 35.0 Å². The van der Waals surface area contributed by atoms with E-state index in [4.69, 9.17) is 45.3 Å². The molecular weight excluding hydrogens is 411 g/mol. The van der Waals surface area contributed by atoms with Crippen molar-refractivity contribution in [2.24, 2.45) is 0 Å². The van der Waals surface area contributed by atoms with Gasteiger partial charge in [0.15, 0.2) is 6.61 Å². The minimum absolute atomic E-state index is 0.172. The molecule has 3 aromatic rings. The van der Waals surface area contributed by atoms with Crippen molar-refractivity contribution in [1.29, 1.82) is 0 Å². The number of nitrogens with two attached hydrogens (primary N) is 1. The average molecular weight is 424 g/mol. The van der Waals surface area contributed by atoms with E-state index in [-0.39, 0.29) is 27.0 Å².